The van der Waals surface area contributed by atoms with E-state index in [-0.39, 0.29) is 0 Å². The van der Waals surface area contributed by atoms with Crippen molar-refractivity contribution < 1.29 is 0 Å². The molecule has 0 saturated heterocycles. The van der Waals surface area contributed by atoms with Crippen molar-refractivity contribution in [3.8, 4) is 0 Å². The summed E-state index contributed by atoms with van der Waals surface area (Å²) in [5.41, 5.74) is 4.91. The first-order valence-electron chi connectivity index (χ1n) is 5.35. The van der Waals surface area contributed by atoms with Crippen LogP contribution in [0.4, 0.5) is 0 Å². The van der Waals surface area contributed by atoms with E-state index in [0.717, 1.165) is 27.0 Å². The Labute approximate surface area is 122 Å². The largest absolute Gasteiger partial charge is 0.321 e. The predicted octanol–water partition coefficient (Wildman–Crippen LogP) is 4.04. The second-order valence-electron chi connectivity index (χ2n) is 3.86. The molecule has 92 valence electrons. The zero-order valence-electron chi connectivity index (χ0n) is 9.31. The SMILES string of the molecule is ClCc1nc2ccc(Br)cc2n1Cc1cscn1. The monoisotopic (exact) mass is 341 g/mol. The summed E-state index contributed by atoms with van der Waals surface area (Å²) in [6, 6.07) is 6.04. The Hall–Kier alpha value is -0.910. The van der Waals surface area contributed by atoms with Gasteiger partial charge in [-0.3, -0.25) is 0 Å². The molecule has 0 atom stereocenters. The number of hydrogen-bond donors (Lipinski definition) is 0. The highest BCUT2D eigenvalue weighted by Crippen LogP contribution is 2.23. The highest BCUT2D eigenvalue weighted by atomic mass is 79.9. The molecule has 0 fully saturated rings. The summed E-state index contributed by atoms with van der Waals surface area (Å²) < 4.78 is 3.15. The highest BCUT2D eigenvalue weighted by molar-refractivity contribution is 9.10. The normalized spacial score (nSPS) is 11.2. The molecule has 3 rings (SSSR count). The van der Waals surface area contributed by atoms with Gasteiger partial charge in [0.15, 0.2) is 0 Å². The van der Waals surface area contributed by atoms with Crippen molar-refractivity contribution in [1.29, 1.82) is 0 Å². The van der Waals surface area contributed by atoms with Crippen molar-refractivity contribution in [3.63, 3.8) is 0 Å². The summed E-state index contributed by atoms with van der Waals surface area (Å²) in [5, 5.41) is 2.04. The molecule has 0 aliphatic carbocycles. The molecule has 18 heavy (non-hydrogen) atoms. The van der Waals surface area contributed by atoms with E-state index in [4.69, 9.17) is 11.6 Å². The van der Waals surface area contributed by atoms with Crippen LogP contribution in [0.3, 0.4) is 0 Å². The number of fused-ring (bicyclic) bond motifs is 1. The second-order valence-corrected chi connectivity index (χ2v) is 5.76. The van der Waals surface area contributed by atoms with Crippen LogP contribution >= 0.6 is 38.9 Å². The van der Waals surface area contributed by atoms with Gasteiger partial charge in [-0.05, 0) is 18.2 Å². The molecule has 2 heterocycles. The molecule has 0 unspecified atom stereocenters. The van der Waals surface area contributed by atoms with Crippen LogP contribution in [0.25, 0.3) is 11.0 Å². The van der Waals surface area contributed by atoms with Crippen LogP contribution in [0.2, 0.25) is 0 Å². The first-order chi connectivity index (χ1) is 8.78. The van der Waals surface area contributed by atoms with E-state index in [1.54, 1.807) is 11.3 Å². The van der Waals surface area contributed by atoms with Gasteiger partial charge in [-0.2, -0.15) is 0 Å². The van der Waals surface area contributed by atoms with Crippen molar-refractivity contribution in [1.82, 2.24) is 14.5 Å². The fraction of sp³-hybridized carbons (Fsp3) is 0.167. The van der Waals surface area contributed by atoms with Gasteiger partial charge in [-0.25, -0.2) is 9.97 Å². The number of rotatable bonds is 3. The van der Waals surface area contributed by atoms with Gasteiger partial charge in [0.1, 0.15) is 5.82 Å². The number of alkyl halides is 1. The van der Waals surface area contributed by atoms with Crippen molar-refractivity contribution >= 4 is 49.9 Å². The summed E-state index contributed by atoms with van der Waals surface area (Å²) in [5.74, 6) is 1.27. The Morgan fingerprint density at radius 3 is 3.00 bits per heavy atom. The molecule has 6 heteroatoms. The van der Waals surface area contributed by atoms with Crippen molar-refractivity contribution in [3.05, 3.63) is 45.1 Å². The number of halogens is 2. The second kappa shape index (κ2) is 4.99. The molecule has 0 spiro atoms. The number of benzene rings is 1. The number of thiazole rings is 1. The molecule has 0 saturated carbocycles. The molecule has 0 aliphatic rings. The maximum absolute atomic E-state index is 5.97. The molecule has 0 bridgehead atoms. The van der Waals surface area contributed by atoms with E-state index in [2.05, 4.69) is 36.5 Å². The average molecular weight is 343 g/mol. The minimum Gasteiger partial charge on any atom is -0.321 e. The number of imidazole rings is 1. The fourth-order valence-corrected chi connectivity index (χ4v) is 3.00. The molecule has 0 amide bonds. The summed E-state index contributed by atoms with van der Waals surface area (Å²) in [4.78, 5) is 8.85. The standard InChI is InChI=1S/C12H9BrClN3S/c13-8-1-2-10-11(3-8)17(12(4-14)16-10)5-9-6-18-7-15-9/h1-3,6-7H,4-5H2. The van der Waals surface area contributed by atoms with Crippen molar-refractivity contribution in [2.24, 2.45) is 0 Å². The quantitative estimate of drug-likeness (QED) is 0.673. The number of aromatic nitrogens is 3. The maximum atomic E-state index is 5.97. The Bertz CT molecular complexity index is 678. The van der Waals surface area contributed by atoms with E-state index in [1.807, 2.05) is 23.0 Å². The minimum absolute atomic E-state index is 0.399. The van der Waals surface area contributed by atoms with Crippen LogP contribution in [-0.4, -0.2) is 14.5 Å². The Morgan fingerprint density at radius 2 is 2.28 bits per heavy atom. The molecule has 3 aromatic rings. The fourth-order valence-electron chi connectivity index (χ4n) is 1.90. The average Bonchev–Trinajstić information content (AvgIpc) is 2.98. The Balaban J connectivity index is 2.15. The maximum Gasteiger partial charge on any atom is 0.125 e. The van der Waals surface area contributed by atoms with Crippen LogP contribution in [0.5, 0.6) is 0 Å². The van der Waals surface area contributed by atoms with Gasteiger partial charge in [0.2, 0.25) is 0 Å². The molecule has 1 aromatic carbocycles. The van der Waals surface area contributed by atoms with Gasteiger partial charge >= 0.3 is 0 Å². The highest BCUT2D eigenvalue weighted by Gasteiger charge is 2.11. The van der Waals surface area contributed by atoms with E-state index in [9.17, 15) is 0 Å². The predicted molar refractivity (Wildman–Crippen MR) is 78.2 cm³/mol. The van der Waals surface area contributed by atoms with Crippen LogP contribution in [0.15, 0.2) is 33.6 Å². The van der Waals surface area contributed by atoms with Crippen molar-refractivity contribution in [2.75, 3.05) is 0 Å². The third-order valence-corrected chi connectivity index (χ3v) is 4.08. The minimum atomic E-state index is 0.399. The lowest BCUT2D eigenvalue weighted by Crippen LogP contribution is -2.03. The summed E-state index contributed by atoms with van der Waals surface area (Å²) in [6.07, 6.45) is 0. The Kier molecular flexibility index (Phi) is 3.37. The number of nitrogens with zero attached hydrogens (tertiary/aromatic N) is 3. The van der Waals surface area contributed by atoms with E-state index >= 15 is 0 Å². The van der Waals surface area contributed by atoms with Gasteiger partial charge in [0.25, 0.3) is 0 Å². The summed E-state index contributed by atoms with van der Waals surface area (Å²) in [7, 11) is 0. The van der Waals surface area contributed by atoms with Crippen LogP contribution in [-0.2, 0) is 12.4 Å². The molecule has 0 aliphatic heterocycles. The molecule has 2 aromatic heterocycles. The molecular formula is C12H9BrClN3S. The summed E-state index contributed by atoms with van der Waals surface area (Å²) >= 11 is 11.1. The van der Waals surface area contributed by atoms with Crippen LogP contribution in [0.1, 0.15) is 11.5 Å². The van der Waals surface area contributed by atoms with Gasteiger partial charge in [-0.1, -0.05) is 15.9 Å². The lowest BCUT2D eigenvalue weighted by molar-refractivity contribution is 0.763. The van der Waals surface area contributed by atoms with Crippen molar-refractivity contribution in [2.45, 2.75) is 12.4 Å². The third kappa shape index (κ3) is 2.18. The van der Waals surface area contributed by atoms with Gasteiger partial charge in [0, 0.05) is 9.85 Å². The first-order valence-corrected chi connectivity index (χ1v) is 7.62. The lowest BCUT2D eigenvalue weighted by atomic mass is 10.3. The smallest absolute Gasteiger partial charge is 0.125 e. The third-order valence-electron chi connectivity index (χ3n) is 2.71. The number of hydrogen-bond acceptors (Lipinski definition) is 3. The topological polar surface area (TPSA) is 30.7 Å². The van der Waals surface area contributed by atoms with Gasteiger partial charge < -0.3 is 4.57 Å². The van der Waals surface area contributed by atoms with E-state index < -0.39 is 0 Å². The Morgan fingerprint density at radius 1 is 1.39 bits per heavy atom. The molecule has 0 radical (unpaired) electrons. The first kappa shape index (κ1) is 12.1. The summed E-state index contributed by atoms with van der Waals surface area (Å²) in [6.45, 7) is 0.707. The molecule has 0 N–H and O–H groups in total. The zero-order chi connectivity index (χ0) is 12.5. The zero-order valence-corrected chi connectivity index (χ0v) is 12.5. The van der Waals surface area contributed by atoms with E-state index in [0.29, 0.717) is 12.4 Å². The molecular weight excluding hydrogens is 334 g/mol. The van der Waals surface area contributed by atoms with Gasteiger partial charge in [0.05, 0.1) is 34.7 Å². The van der Waals surface area contributed by atoms with E-state index in [1.165, 1.54) is 0 Å². The van der Waals surface area contributed by atoms with Crippen LogP contribution < -0.4 is 0 Å². The lowest BCUT2D eigenvalue weighted by Gasteiger charge is -2.05. The molecule has 3 nitrogen and oxygen atoms in total. The van der Waals surface area contributed by atoms with Gasteiger partial charge in [-0.15, -0.1) is 22.9 Å². The van der Waals surface area contributed by atoms with Crippen LogP contribution in [0, 0.1) is 0 Å².